The largest absolute Gasteiger partial charge is 0.508 e. The number of hydrogen-bond acceptors (Lipinski definition) is 5. The van der Waals surface area contributed by atoms with Crippen LogP contribution >= 0.6 is 11.6 Å². The first-order chi connectivity index (χ1) is 21.5. The van der Waals surface area contributed by atoms with Crippen LogP contribution in [0.1, 0.15) is 62.6 Å². The lowest BCUT2D eigenvalue weighted by Crippen LogP contribution is -2.46. The number of carbonyl (C=O) groups excluding carboxylic acids is 2. The number of amides is 2. The maximum atomic E-state index is 13.9. The molecule has 0 radical (unpaired) electrons. The number of phenols is 1. The van der Waals surface area contributed by atoms with E-state index in [2.05, 4.69) is 0 Å². The van der Waals surface area contributed by atoms with Crippen molar-refractivity contribution in [3.05, 3.63) is 74.8 Å². The minimum absolute atomic E-state index is 0.0220. The maximum Gasteiger partial charge on any atom is 0.455 e. The summed E-state index contributed by atoms with van der Waals surface area (Å²) >= 11 is 6.24. The van der Waals surface area contributed by atoms with Crippen LogP contribution in [-0.2, 0) is 26.6 Å². The van der Waals surface area contributed by atoms with Crippen molar-refractivity contribution >= 4 is 42.3 Å². The Morgan fingerprint density at radius 3 is 2.28 bits per heavy atom. The van der Waals surface area contributed by atoms with Crippen molar-refractivity contribution in [1.82, 2.24) is 0 Å². The predicted octanol–water partition coefficient (Wildman–Crippen LogP) is 8.07. The van der Waals surface area contributed by atoms with Gasteiger partial charge in [-0.05, 0) is 92.4 Å². The van der Waals surface area contributed by atoms with Crippen LogP contribution in [0.15, 0.2) is 53.1 Å². The lowest BCUT2D eigenvalue weighted by atomic mass is 9.58. The molecule has 2 aliphatic heterocycles. The number of hydrogen-bond donors (Lipinski definition) is 2. The van der Waals surface area contributed by atoms with E-state index >= 15 is 0 Å². The molecule has 2 amide bonds. The third-order valence-corrected chi connectivity index (χ3v) is 9.20. The second-order valence-electron chi connectivity index (χ2n) is 12.1. The van der Waals surface area contributed by atoms with Gasteiger partial charge in [-0.2, -0.15) is 26.3 Å². The molecule has 46 heavy (non-hydrogen) atoms. The van der Waals surface area contributed by atoms with E-state index in [1.807, 2.05) is 19.9 Å². The van der Waals surface area contributed by atoms with E-state index < -0.39 is 72.0 Å². The van der Waals surface area contributed by atoms with Crippen molar-refractivity contribution in [3.63, 3.8) is 0 Å². The van der Waals surface area contributed by atoms with Gasteiger partial charge in [-0.1, -0.05) is 42.2 Å². The van der Waals surface area contributed by atoms with Crippen LogP contribution in [0.3, 0.4) is 0 Å². The first-order valence-electron chi connectivity index (χ1n) is 14.9. The molecule has 2 aromatic carbocycles. The SMILES string of the molecule is CCCC1=C2[C@@H](CC/C(C)=C/c3ccc(O)cc3Cl)OB(O)C[C@@H]2[C@@H]2C(=O)N(c3cc(C(F)(F)F)cc(C(F)(F)F)c3)C(=O)[C@@H]2C1. The number of phenolic OH excluding ortho intramolecular Hbond substituents is 1. The summed E-state index contributed by atoms with van der Waals surface area (Å²) in [4.78, 5) is 28.0. The molecule has 0 bridgehead atoms. The normalized spacial score (nSPS) is 24.1. The number of halogens is 7. The second-order valence-corrected chi connectivity index (χ2v) is 12.5. The highest BCUT2D eigenvalue weighted by atomic mass is 35.5. The summed E-state index contributed by atoms with van der Waals surface area (Å²) in [6.45, 7) is 3.80. The van der Waals surface area contributed by atoms with E-state index in [1.54, 1.807) is 6.07 Å². The summed E-state index contributed by atoms with van der Waals surface area (Å²) in [6.07, 6.45) is -6.98. The van der Waals surface area contributed by atoms with Gasteiger partial charge in [0.15, 0.2) is 0 Å². The molecule has 3 aliphatic rings. The Balaban J connectivity index is 1.48. The predicted molar refractivity (Wildman–Crippen MR) is 160 cm³/mol. The highest BCUT2D eigenvalue weighted by Crippen LogP contribution is 2.52. The zero-order chi connectivity index (χ0) is 33.7. The van der Waals surface area contributed by atoms with E-state index in [9.17, 15) is 46.1 Å². The number of anilines is 1. The Labute approximate surface area is 266 Å². The van der Waals surface area contributed by atoms with Crippen LogP contribution in [-0.4, -0.2) is 35.2 Å². The number of fused-ring (bicyclic) bond motifs is 3. The molecule has 0 unspecified atom stereocenters. The molecule has 246 valence electrons. The van der Waals surface area contributed by atoms with Crippen molar-refractivity contribution in [2.24, 2.45) is 17.8 Å². The first kappa shape index (κ1) is 34.1. The zero-order valence-corrected chi connectivity index (χ0v) is 25.6. The van der Waals surface area contributed by atoms with Crippen LogP contribution in [0.5, 0.6) is 5.75 Å². The first-order valence-corrected chi connectivity index (χ1v) is 15.3. The van der Waals surface area contributed by atoms with Crippen molar-refractivity contribution in [1.29, 1.82) is 0 Å². The Hall–Kier alpha value is -3.29. The summed E-state index contributed by atoms with van der Waals surface area (Å²) in [5.41, 5.74) is -0.855. The molecule has 0 saturated carbocycles. The fraction of sp³-hybridized carbons (Fsp3) is 0.438. The molecule has 1 aliphatic carbocycles. The number of alkyl halides is 6. The van der Waals surface area contributed by atoms with Gasteiger partial charge in [-0.25, -0.2) is 4.90 Å². The van der Waals surface area contributed by atoms with Gasteiger partial charge in [0.25, 0.3) is 0 Å². The van der Waals surface area contributed by atoms with Gasteiger partial charge >= 0.3 is 19.5 Å². The second kappa shape index (κ2) is 12.7. The van der Waals surface area contributed by atoms with Gasteiger partial charge in [0.1, 0.15) is 5.75 Å². The van der Waals surface area contributed by atoms with Gasteiger partial charge in [0, 0.05) is 0 Å². The zero-order valence-electron chi connectivity index (χ0n) is 24.9. The smallest absolute Gasteiger partial charge is 0.455 e. The van der Waals surface area contributed by atoms with E-state index in [1.165, 1.54) is 12.1 Å². The highest BCUT2D eigenvalue weighted by molar-refractivity contribution is 6.43. The molecular formula is C32H31BClF6NO5. The quantitative estimate of drug-likeness (QED) is 0.135. The third-order valence-electron chi connectivity index (χ3n) is 8.88. The molecule has 2 fully saturated rings. The van der Waals surface area contributed by atoms with Crippen molar-refractivity contribution in [2.45, 2.75) is 70.7 Å². The third kappa shape index (κ3) is 6.73. The van der Waals surface area contributed by atoms with Gasteiger partial charge in [-0.3, -0.25) is 9.59 Å². The summed E-state index contributed by atoms with van der Waals surface area (Å²) < 4.78 is 87.7. The van der Waals surface area contributed by atoms with E-state index in [0.717, 1.165) is 16.7 Å². The molecule has 6 nitrogen and oxygen atoms in total. The van der Waals surface area contributed by atoms with Crippen LogP contribution in [0.4, 0.5) is 32.0 Å². The van der Waals surface area contributed by atoms with Gasteiger partial charge in [-0.15, -0.1) is 0 Å². The van der Waals surface area contributed by atoms with Gasteiger partial charge in [0.2, 0.25) is 11.8 Å². The standard InChI is InChI=1S/C32H31BClF6NO5/c1-3-4-18-10-23-28(30(44)41(29(23)43)21-12-19(31(35,36)37)11-20(13-21)32(38,39)40)24-15-33(45)46-26(27(18)24)8-5-16(2)9-17-6-7-22(42)14-25(17)34/h6-7,9,11-14,23-24,26,28,42,45H,3-5,8,10,15H2,1-2H3/b16-9+/t23-,24+,26-,28-/m1/s1. The number of carbonyl (C=O) groups is 2. The lowest BCUT2D eigenvalue weighted by molar-refractivity contribution is -0.143. The van der Waals surface area contributed by atoms with Crippen LogP contribution < -0.4 is 4.90 Å². The molecule has 0 spiro atoms. The summed E-state index contributed by atoms with van der Waals surface area (Å²) in [5.74, 6) is -4.52. The van der Waals surface area contributed by atoms with Gasteiger partial charge < -0.3 is 14.8 Å². The Bertz CT molecular complexity index is 1570. The van der Waals surface area contributed by atoms with E-state index in [-0.39, 0.29) is 24.6 Å². The minimum Gasteiger partial charge on any atom is -0.508 e. The van der Waals surface area contributed by atoms with Crippen LogP contribution in [0.25, 0.3) is 6.08 Å². The highest BCUT2D eigenvalue weighted by Gasteiger charge is 2.58. The number of rotatable bonds is 7. The average molecular weight is 670 g/mol. The lowest BCUT2D eigenvalue weighted by Gasteiger charge is -2.43. The van der Waals surface area contributed by atoms with Crippen LogP contribution in [0, 0.1) is 17.8 Å². The van der Waals surface area contributed by atoms with Crippen molar-refractivity contribution in [3.8, 4) is 5.75 Å². The molecule has 2 saturated heterocycles. The monoisotopic (exact) mass is 669 g/mol. The number of imide groups is 1. The molecule has 5 rings (SSSR count). The fourth-order valence-corrected chi connectivity index (χ4v) is 7.18. The van der Waals surface area contributed by atoms with E-state index in [4.69, 9.17) is 16.3 Å². The number of benzene rings is 2. The Kier molecular flexibility index (Phi) is 9.42. The molecule has 14 heteroatoms. The fourth-order valence-electron chi connectivity index (χ4n) is 6.95. The van der Waals surface area contributed by atoms with Crippen LogP contribution in [0.2, 0.25) is 11.3 Å². The number of allylic oxidation sites excluding steroid dienone is 2. The van der Waals surface area contributed by atoms with Crippen molar-refractivity contribution in [2.75, 3.05) is 4.90 Å². The topological polar surface area (TPSA) is 87.1 Å². The summed E-state index contributed by atoms with van der Waals surface area (Å²) in [5, 5.41) is 20.7. The number of nitrogens with zero attached hydrogens (tertiary/aromatic N) is 1. The summed E-state index contributed by atoms with van der Waals surface area (Å²) in [7, 11) is -1.31. The van der Waals surface area contributed by atoms with Gasteiger partial charge in [0.05, 0.1) is 39.8 Å². The number of aromatic hydroxyl groups is 1. The molecular weight excluding hydrogens is 639 g/mol. The molecule has 4 atom stereocenters. The maximum absolute atomic E-state index is 13.9. The molecule has 2 N–H and O–H groups in total. The summed E-state index contributed by atoms with van der Waals surface area (Å²) in [6, 6.07) is 5.31. The Morgan fingerprint density at radius 1 is 1.04 bits per heavy atom. The Morgan fingerprint density at radius 2 is 1.70 bits per heavy atom. The van der Waals surface area contributed by atoms with Crippen molar-refractivity contribution < 1.29 is 50.7 Å². The molecule has 2 heterocycles. The molecule has 2 aromatic rings. The van der Waals surface area contributed by atoms with E-state index in [0.29, 0.717) is 53.3 Å². The average Bonchev–Trinajstić information content (AvgIpc) is 3.21. The molecule has 0 aromatic heterocycles. The minimum atomic E-state index is -5.16.